The van der Waals surface area contributed by atoms with Gasteiger partial charge in [0.25, 0.3) is 0 Å². The average molecular weight is 285 g/mol. The van der Waals surface area contributed by atoms with E-state index in [1.807, 2.05) is 0 Å². The Morgan fingerprint density at radius 1 is 1.42 bits per heavy atom. The highest BCUT2D eigenvalue weighted by Crippen LogP contribution is 2.26. The highest BCUT2D eigenvalue weighted by molar-refractivity contribution is 6.32. The minimum Gasteiger partial charge on any atom is -0.393 e. The number of nitrogens with zero attached hydrogens (tertiary/aromatic N) is 2. The fraction of sp³-hybridized carbons (Fsp3) is 0.692. The van der Waals surface area contributed by atoms with E-state index in [1.165, 1.54) is 0 Å². The smallest absolute Gasteiger partial charge is 0.224 e. The lowest BCUT2D eigenvalue weighted by molar-refractivity contribution is 0.178. The van der Waals surface area contributed by atoms with E-state index in [1.54, 1.807) is 6.20 Å². The summed E-state index contributed by atoms with van der Waals surface area (Å²) in [5.41, 5.74) is 0. The predicted octanol–water partition coefficient (Wildman–Crippen LogP) is 2.52. The van der Waals surface area contributed by atoms with Gasteiger partial charge in [0.15, 0.2) is 0 Å². The summed E-state index contributed by atoms with van der Waals surface area (Å²) in [7, 11) is 0. The van der Waals surface area contributed by atoms with E-state index in [0.717, 1.165) is 38.8 Å². The third-order valence-corrected chi connectivity index (χ3v) is 3.63. The predicted molar refractivity (Wildman–Crippen MR) is 77.7 cm³/mol. The number of nitrogens with one attached hydrogen (secondary N) is 2. The molecule has 5 nitrogen and oxygen atoms in total. The Morgan fingerprint density at radius 2 is 2.26 bits per heavy atom. The molecule has 19 heavy (non-hydrogen) atoms. The molecule has 1 fully saturated rings. The molecule has 3 N–H and O–H groups in total. The second kappa shape index (κ2) is 6.91. The van der Waals surface area contributed by atoms with E-state index in [0.29, 0.717) is 22.7 Å². The summed E-state index contributed by atoms with van der Waals surface area (Å²) in [5, 5.41) is 16.4. The minimum absolute atomic E-state index is 0.144. The van der Waals surface area contributed by atoms with Crippen LogP contribution in [0.3, 0.4) is 0 Å². The number of aliphatic hydroxyl groups is 1. The Hall–Kier alpha value is -1.07. The van der Waals surface area contributed by atoms with Crippen molar-refractivity contribution < 1.29 is 5.11 Å². The summed E-state index contributed by atoms with van der Waals surface area (Å²) in [6.07, 6.45) is 5.30. The van der Waals surface area contributed by atoms with Crippen molar-refractivity contribution in [1.29, 1.82) is 0 Å². The highest BCUT2D eigenvalue weighted by Gasteiger charge is 2.22. The van der Waals surface area contributed by atoms with Crippen LogP contribution in [-0.4, -0.2) is 34.3 Å². The fourth-order valence-electron chi connectivity index (χ4n) is 2.29. The molecular weight excluding hydrogens is 264 g/mol. The molecule has 106 valence electrons. The van der Waals surface area contributed by atoms with Crippen molar-refractivity contribution in [2.45, 2.75) is 38.7 Å². The zero-order chi connectivity index (χ0) is 13.7. The molecule has 0 aromatic carbocycles. The molecule has 2 rings (SSSR count). The standard InChI is InChI=1S/C13H21ClN4O/c1-2-5-15-13-17-8-11(14)12(18-13)16-7-9-3-4-10(19)6-9/h8-10,19H,2-7H2,1H3,(H2,15,16,17,18). The molecule has 0 amide bonds. The summed E-state index contributed by atoms with van der Waals surface area (Å²) >= 11 is 6.08. The summed E-state index contributed by atoms with van der Waals surface area (Å²) in [6.45, 7) is 3.73. The topological polar surface area (TPSA) is 70.1 Å². The van der Waals surface area contributed by atoms with Crippen LogP contribution in [0.2, 0.25) is 5.02 Å². The number of aromatic nitrogens is 2. The molecule has 2 unspecified atom stereocenters. The monoisotopic (exact) mass is 284 g/mol. The first-order valence-corrected chi connectivity index (χ1v) is 7.25. The Morgan fingerprint density at radius 3 is 2.95 bits per heavy atom. The number of aliphatic hydroxyl groups excluding tert-OH is 1. The first kappa shape index (κ1) is 14.3. The fourth-order valence-corrected chi connectivity index (χ4v) is 2.45. The van der Waals surface area contributed by atoms with E-state index in [-0.39, 0.29) is 6.10 Å². The lowest BCUT2D eigenvalue weighted by atomic mass is 10.1. The van der Waals surface area contributed by atoms with Crippen molar-refractivity contribution in [3.05, 3.63) is 11.2 Å². The molecule has 1 aromatic rings. The van der Waals surface area contributed by atoms with Gasteiger partial charge in [-0.2, -0.15) is 4.98 Å². The van der Waals surface area contributed by atoms with Crippen LogP contribution in [0, 0.1) is 5.92 Å². The lowest BCUT2D eigenvalue weighted by Crippen LogP contribution is -2.14. The third kappa shape index (κ3) is 4.21. The second-order valence-electron chi connectivity index (χ2n) is 5.03. The first-order chi connectivity index (χ1) is 9.19. The Balaban J connectivity index is 1.91. The van der Waals surface area contributed by atoms with E-state index < -0.39 is 0 Å². The largest absolute Gasteiger partial charge is 0.393 e. The number of hydrogen-bond donors (Lipinski definition) is 3. The highest BCUT2D eigenvalue weighted by atomic mass is 35.5. The molecule has 0 spiro atoms. The van der Waals surface area contributed by atoms with Crippen molar-refractivity contribution in [2.75, 3.05) is 23.7 Å². The quantitative estimate of drug-likeness (QED) is 0.749. The van der Waals surface area contributed by atoms with Crippen LogP contribution >= 0.6 is 11.6 Å². The van der Waals surface area contributed by atoms with Crippen LogP contribution in [0.5, 0.6) is 0 Å². The Bertz CT molecular complexity index is 416. The van der Waals surface area contributed by atoms with Gasteiger partial charge in [-0.25, -0.2) is 4.98 Å². The van der Waals surface area contributed by atoms with E-state index in [4.69, 9.17) is 11.6 Å². The van der Waals surface area contributed by atoms with Crippen molar-refractivity contribution in [3.63, 3.8) is 0 Å². The van der Waals surface area contributed by atoms with Gasteiger partial charge in [0.2, 0.25) is 5.95 Å². The number of halogens is 1. The summed E-state index contributed by atoms with van der Waals surface area (Å²) in [5.74, 6) is 1.75. The van der Waals surface area contributed by atoms with Gasteiger partial charge in [-0.05, 0) is 31.6 Å². The van der Waals surface area contributed by atoms with Crippen LogP contribution in [0.15, 0.2) is 6.20 Å². The van der Waals surface area contributed by atoms with Gasteiger partial charge in [0, 0.05) is 13.1 Å². The average Bonchev–Trinajstić information content (AvgIpc) is 2.82. The zero-order valence-electron chi connectivity index (χ0n) is 11.2. The van der Waals surface area contributed by atoms with Gasteiger partial charge in [-0.15, -0.1) is 0 Å². The Labute approximate surface area is 118 Å². The second-order valence-corrected chi connectivity index (χ2v) is 5.44. The molecule has 6 heteroatoms. The van der Waals surface area contributed by atoms with Gasteiger partial charge in [-0.3, -0.25) is 0 Å². The Kier molecular flexibility index (Phi) is 5.22. The molecule has 1 aliphatic rings. The van der Waals surface area contributed by atoms with Crippen LogP contribution in [0.4, 0.5) is 11.8 Å². The summed E-state index contributed by atoms with van der Waals surface area (Å²) in [4.78, 5) is 8.50. The maximum Gasteiger partial charge on any atom is 0.224 e. The number of hydrogen-bond acceptors (Lipinski definition) is 5. The van der Waals surface area contributed by atoms with Gasteiger partial charge in [0.05, 0.1) is 12.3 Å². The van der Waals surface area contributed by atoms with Crippen LogP contribution in [0.25, 0.3) is 0 Å². The molecule has 1 heterocycles. The van der Waals surface area contributed by atoms with Gasteiger partial charge in [-0.1, -0.05) is 18.5 Å². The first-order valence-electron chi connectivity index (χ1n) is 6.87. The molecule has 0 radical (unpaired) electrons. The number of anilines is 2. The lowest BCUT2D eigenvalue weighted by Gasteiger charge is -2.13. The summed E-state index contributed by atoms with van der Waals surface area (Å²) in [6, 6.07) is 0. The number of rotatable bonds is 6. The SMILES string of the molecule is CCCNc1ncc(Cl)c(NCC2CCC(O)C2)n1. The van der Waals surface area contributed by atoms with Crippen molar-refractivity contribution in [3.8, 4) is 0 Å². The van der Waals surface area contributed by atoms with E-state index >= 15 is 0 Å². The van der Waals surface area contributed by atoms with Crippen molar-refractivity contribution >= 4 is 23.4 Å². The molecule has 0 aliphatic heterocycles. The molecule has 1 aliphatic carbocycles. The van der Waals surface area contributed by atoms with E-state index in [9.17, 15) is 5.11 Å². The van der Waals surface area contributed by atoms with Crippen molar-refractivity contribution in [1.82, 2.24) is 9.97 Å². The van der Waals surface area contributed by atoms with Crippen LogP contribution < -0.4 is 10.6 Å². The molecule has 0 saturated heterocycles. The molecule has 1 saturated carbocycles. The minimum atomic E-state index is -0.144. The maximum absolute atomic E-state index is 9.50. The molecular formula is C13H21ClN4O. The summed E-state index contributed by atoms with van der Waals surface area (Å²) < 4.78 is 0. The molecule has 0 bridgehead atoms. The normalized spacial score (nSPS) is 22.5. The van der Waals surface area contributed by atoms with Gasteiger partial charge in [0.1, 0.15) is 10.8 Å². The molecule has 2 atom stereocenters. The zero-order valence-corrected chi connectivity index (χ0v) is 12.0. The van der Waals surface area contributed by atoms with Crippen LogP contribution in [0.1, 0.15) is 32.6 Å². The van der Waals surface area contributed by atoms with Crippen molar-refractivity contribution in [2.24, 2.45) is 5.92 Å². The van der Waals surface area contributed by atoms with E-state index in [2.05, 4.69) is 27.5 Å². The third-order valence-electron chi connectivity index (χ3n) is 3.35. The van der Waals surface area contributed by atoms with Gasteiger partial charge < -0.3 is 15.7 Å². The van der Waals surface area contributed by atoms with Gasteiger partial charge >= 0.3 is 0 Å². The maximum atomic E-state index is 9.50. The molecule has 1 aromatic heterocycles. The van der Waals surface area contributed by atoms with Crippen LogP contribution in [-0.2, 0) is 0 Å².